The topological polar surface area (TPSA) is 83.2 Å². The normalized spacial score (nSPS) is 10.4. The van der Waals surface area contributed by atoms with Crippen LogP contribution in [0.25, 0.3) is 0 Å². The van der Waals surface area contributed by atoms with Crippen molar-refractivity contribution < 1.29 is 14.3 Å². The predicted octanol–water partition coefficient (Wildman–Crippen LogP) is 0.415. The largest absolute Gasteiger partial charge is 0.464 e. The van der Waals surface area contributed by atoms with Crippen molar-refractivity contribution in [3.8, 4) is 0 Å². The summed E-state index contributed by atoms with van der Waals surface area (Å²) in [6.07, 6.45) is 0. The molecule has 1 amide bonds. The van der Waals surface area contributed by atoms with Crippen LogP contribution in [-0.4, -0.2) is 36.6 Å². The van der Waals surface area contributed by atoms with Gasteiger partial charge in [-0.2, -0.15) is 0 Å². The van der Waals surface area contributed by atoms with Gasteiger partial charge in [-0.05, 0) is 26.0 Å². The number of methoxy groups -OCH3 is 1. The van der Waals surface area contributed by atoms with E-state index in [4.69, 9.17) is 0 Å². The lowest BCUT2D eigenvalue weighted by atomic mass is 10.4. The molecule has 0 aliphatic rings. The summed E-state index contributed by atoms with van der Waals surface area (Å²) in [6, 6.07) is 3.56. The lowest BCUT2D eigenvalue weighted by molar-refractivity contribution is -0.120. The summed E-state index contributed by atoms with van der Waals surface area (Å²) < 4.78 is 4.58. The summed E-state index contributed by atoms with van der Waals surface area (Å²) in [5.41, 5.74) is 1.23. The van der Waals surface area contributed by atoms with Gasteiger partial charge >= 0.3 is 5.97 Å². The number of aromatic amines is 1. The van der Waals surface area contributed by atoms with Crippen molar-refractivity contribution in [2.45, 2.75) is 26.4 Å². The zero-order valence-corrected chi connectivity index (χ0v) is 10.9. The minimum Gasteiger partial charge on any atom is -0.464 e. The van der Waals surface area contributed by atoms with E-state index in [0.29, 0.717) is 12.2 Å². The average molecular weight is 253 g/mol. The molecule has 1 heterocycles. The van der Waals surface area contributed by atoms with E-state index in [2.05, 4.69) is 20.4 Å². The van der Waals surface area contributed by atoms with E-state index in [0.717, 1.165) is 5.69 Å². The van der Waals surface area contributed by atoms with Gasteiger partial charge in [0.15, 0.2) is 0 Å². The zero-order valence-electron chi connectivity index (χ0n) is 10.9. The summed E-state index contributed by atoms with van der Waals surface area (Å²) in [5, 5.41) is 5.76. The van der Waals surface area contributed by atoms with Gasteiger partial charge < -0.3 is 20.4 Å². The Hall–Kier alpha value is -1.82. The highest BCUT2D eigenvalue weighted by molar-refractivity contribution is 5.87. The highest BCUT2D eigenvalue weighted by Crippen LogP contribution is 2.02. The summed E-state index contributed by atoms with van der Waals surface area (Å²) in [7, 11) is 1.33. The van der Waals surface area contributed by atoms with Gasteiger partial charge in [-0.15, -0.1) is 0 Å². The number of amides is 1. The van der Waals surface area contributed by atoms with Crippen molar-refractivity contribution in [3.63, 3.8) is 0 Å². The Labute approximate surface area is 106 Å². The molecule has 0 unspecified atom stereocenters. The number of rotatable bonds is 6. The molecule has 0 atom stereocenters. The number of aromatic nitrogens is 1. The Balaban J connectivity index is 2.33. The lowest BCUT2D eigenvalue weighted by Crippen LogP contribution is -2.37. The Morgan fingerprint density at radius 2 is 2.11 bits per heavy atom. The van der Waals surface area contributed by atoms with Crippen molar-refractivity contribution in [1.29, 1.82) is 0 Å². The minimum atomic E-state index is -0.404. The van der Waals surface area contributed by atoms with Crippen LogP contribution < -0.4 is 10.6 Å². The molecule has 6 heteroatoms. The molecule has 1 aromatic rings. The maximum atomic E-state index is 11.3. The quantitative estimate of drug-likeness (QED) is 0.641. The van der Waals surface area contributed by atoms with Crippen molar-refractivity contribution in [1.82, 2.24) is 15.6 Å². The maximum absolute atomic E-state index is 11.3. The highest BCUT2D eigenvalue weighted by Gasteiger charge is 2.08. The van der Waals surface area contributed by atoms with Crippen molar-refractivity contribution in [3.05, 3.63) is 23.5 Å². The van der Waals surface area contributed by atoms with Gasteiger partial charge in [-0.1, -0.05) is 0 Å². The van der Waals surface area contributed by atoms with Gasteiger partial charge in [0.25, 0.3) is 0 Å². The van der Waals surface area contributed by atoms with Crippen LogP contribution in [0.5, 0.6) is 0 Å². The third-order valence-corrected chi connectivity index (χ3v) is 2.20. The van der Waals surface area contributed by atoms with Crippen LogP contribution in [0.2, 0.25) is 0 Å². The molecule has 0 radical (unpaired) electrons. The van der Waals surface area contributed by atoms with Gasteiger partial charge in [-0.3, -0.25) is 4.79 Å². The van der Waals surface area contributed by atoms with Crippen LogP contribution in [0.3, 0.4) is 0 Å². The number of esters is 1. The first-order valence-electron chi connectivity index (χ1n) is 5.79. The third-order valence-electron chi connectivity index (χ3n) is 2.20. The van der Waals surface area contributed by atoms with Crippen LogP contribution in [0.4, 0.5) is 0 Å². The summed E-state index contributed by atoms with van der Waals surface area (Å²) >= 11 is 0. The fraction of sp³-hybridized carbons (Fsp3) is 0.500. The Kier molecular flexibility index (Phi) is 5.38. The van der Waals surface area contributed by atoms with E-state index in [-0.39, 0.29) is 18.5 Å². The Morgan fingerprint density at radius 1 is 1.39 bits per heavy atom. The standard InChI is InChI=1S/C12H19N3O3/c1-8(2)14-11(16)7-13-6-9-4-5-10(15-9)12(17)18-3/h4-5,8,13,15H,6-7H2,1-3H3,(H,14,16). The van der Waals surface area contributed by atoms with Crippen molar-refractivity contribution >= 4 is 11.9 Å². The van der Waals surface area contributed by atoms with Gasteiger partial charge in [-0.25, -0.2) is 4.79 Å². The molecule has 0 bridgehead atoms. The molecule has 3 N–H and O–H groups in total. The summed E-state index contributed by atoms with van der Waals surface area (Å²) in [4.78, 5) is 25.4. The molecular weight excluding hydrogens is 234 g/mol. The van der Waals surface area contributed by atoms with Gasteiger partial charge in [0, 0.05) is 18.3 Å². The highest BCUT2D eigenvalue weighted by atomic mass is 16.5. The molecular formula is C12H19N3O3. The fourth-order valence-electron chi connectivity index (χ4n) is 1.46. The fourth-order valence-corrected chi connectivity index (χ4v) is 1.46. The van der Waals surface area contributed by atoms with Crippen molar-refractivity contribution in [2.24, 2.45) is 0 Å². The number of H-pyrrole nitrogens is 1. The van der Waals surface area contributed by atoms with E-state index in [1.54, 1.807) is 12.1 Å². The van der Waals surface area contributed by atoms with E-state index in [9.17, 15) is 9.59 Å². The first kappa shape index (κ1) is 14.2. The number of hydrogen-bond donors (Lipinski definition) is 3. The molecule has 0 saturated carbocycles. The summed E-state index contributed by atoms with van der Waals surface area (Å²) in [6.45, 7) is 4.55. The zero-order chi connectivity index (χ0) is 13.5. The average Bonchev–Trinajstić information content (AvgIpc) is 2.75. The summed E-state index contributed by atoms with van der Waals surface area (Å²) in [5.74, 6) is -0.455. The third kappa shape index (κ3) is 4.58. The number of carbonyl (C=O) groups is 2. The molecule has 0 fully saturated rings. The number of carbonyl (C=O) groups excluding carboxylic acids is 2. The predicted molar refractivity (Wildman–Crippen MR) is 67.1 cm³/mol. The van der Waals surface area contributed by atoms with E-state index < -0.39 is 5.97 Å². The molecule has 6 nitrogen and oxygen atoms in total. The minimum absolute atomic E-state index is 0.0512. The maximum Gasteiger partial charge on any atom is 0.354 e. The monoisotopic (exact) mass is 253 g/mol. The van der Waals surface area contributed by atoms with Crippen molar-refractivity contribution in [2.75, 3.05) is 13.7 Å². The molecule has 1 aromatic heterocycles. The van der Waals surface area contributed by atoms with Crippen LogP contribution in [0.15, 0.2) is 12.1 Å². The van der Waals surface area contributed by atoms with Gasteiger partial charge in [0.2, 0.25) is 5.91 Å². The molecule has 0 aliphatic heterocycles. The molecule has 0 saturated heterocycles. The van der Waals surface area contributed by atoms with E-state index in [1.807, 2.05) is 13.8 Å². The lowest BCUT2D eigenvalue weighted by Gasteiger charge is -2.08. The smallest absolute Gasteiger partial charge is 0.354 e. The van der Waals surface area contributed by atoms with Crippen LogP contribution in [-0.2, 0) is 16.1 Å². The SMILES string of the molecule is COC(=O)c1ccc(CNCC(=O)NC(C)C)[nH]1. The van der Waals surface area contributed by atoms with Crippen LogP contribution in [0, 0.1) is 0 Å². The Morgan fingerprint density at radius 3 is 2.72 bits per heavy atom. The number of nitrogens with one attached hydrogen (secondary N) is 3. The molecule has 0 spiro atoms. The Bertz CT molecular complexity index is 412. The molecule has 1 rings (SSSR count). The number of hydrogen-bond acceptors (Lipinski definition) is 4. The second-order valence-corrected chi connectivity index (χ2v) is 4.21. The van der Waals surface area contributed by atoms with Gasteiger partial charge in [0.05, 0.1) is 13.7 Å². The second-order valence-electron chi connectivity index (χ2n) is 4.21. The van der Waals surface area contributed by atoms with Gasteiger partial charge in [0.1, 0.15) is 5.69 Å². The molecule has 18 heavy (non-hydrogen) atoms. The van der Waals surface area contributed by atoms with Crippen LogP contribution >= 0.6 is 0 Å². The first-order valence-corrected chi connectivity index (χ1v) is 5.79. The van der Waals surface area contributed by atoms with Crippen LogP contribution in [0.1, 0.15) is 30.0 Å². The van der Waals surface area contributed by atoms with E-state index >= 15 is 0 Å². The molecule has 100 valence electrons. The first-order chi connectivity index (χ1) is 8.52. The second kappa shape index (κ2) is 6.80. The van der Waals surface area contributed by atoms with E-state index in [1.165, 1.54) is 7.11 Å². The molecule has 0 aromatic carbocycles. The number of ether oxygens (including phenoxy) is 1. The molecule has 0 aliphatic carbocycles.